The summed E-state index contributed by atoms with van der Waals surface area (Å²) in [4.78, 5) is 0. The maximum absolute atomic E-state index is 6.16. The van der Waals surface area contributed by atoms with Crippen molar-refractivity contribution in [2.75, 3.05) is 6.54 Å². The Balaban J connectivity index is 1.75. The van der Waals surface area contributed by atoms with Crippen LogP contribution >= 0.6 is 11.6 Å². The number of nitrogens with one attached hydrogen (secondary N) is 1. The number of hydrogen-bond donors (Lipinski definition) is 1. The minimum atomic E-state index is 0.871. The first-order chi connectivity index (χ1) is 12.3. The van der Waals surface area contributed by atoms with E-state index in [9.17, 15) is 0 Å². The second-order valence-corrected chi connectivity index (χ2v) is 7.77. The lowest BCUT2D eigenvalue weighted by Gasteiger charge is -2.06. The highest BCUT2D eigenvalue weighted by Gasteiger charge is 1.98. The molecule has 1 nitrogen and oxygen atoms in total. The van der Waals surface area contributed by atoms with E-state index in [-0.39, 0.29) is 0 Å². The Kier molecular flexibility index (Phi) is 15.2. The highest BCUT2D eigenvalue weighted by Crippen LogP contribution is 2.15. The molecule has 0 saturated heterocycles. The molecule has 1 aromatic carbocycles. The van der Waals surface area contributed by atoms with Crippen molar-refractivity contribution >= 4 is 11.6 Å². The predicted octanol–water partition coefficient (Wildman–Crippen LogP) is 7.91. The van der Waals surface area contributed by atoms with Crippen LogP contribution in [-0.2, 0) is 6.54 Å². The lowest BCUT2D eigenvalue weighted by molar-refractivity contribution is 0.529. The van der Waals surface area contributed by atoms with E-state index in [4.69, 9.17) is 11.6 Å². The minimum Gasteiger partial charge on any atom is -0.313 e. The molecule has 0 unspecified atom stereocenters. The van der Waals surface area contributed by atoms with Gasteiger partial charge in [0.15, 0.2) is 0 Å². The lowest BCUT2D eigenvalue weighted by atomic mass is 10.0. The van der Waals surface area contributed by atoms with Gasteiger partial charge in [-0.25, -0.2) is 0 Å². The quantitative estimate of drug-likeness (QED) is 0.276. The summed E-state index contributed by atoms with van der Waals surface area (Å²) < 4.78 is 0. The molecule has 0 bridgehead atoms. The van der Waals surface area contributed by atoms with Crippen LogP contribution in [0.1, 0.15) is 102 Å². The Labute approximate surface area is 161 Å². The molecule has 144 valence electrons. The molecule has 0 saturated carbocycles. The van der Waals surface area contributed by atoms with Crippen LogP contribution in [0.4, 0.5) is 0 Å². The first-order valence-electron chi connectivity index (χ1n) is 10.8. The van der Waals surface area contributed by atoms with E-state index < -0.39 is 0 Å². The third-order valence-corrected chi connectivity index (χ3v) is 5.35. The van der Waals surface area contributed by atoms with Gasteiger partial charge >= 0.3 is 0 Å². The zero-order chi connectivity index (χ0) is 18.0. The summed E-state index contributed by atoms with van der Waals surface area (Å²) in [5.41, 5.74) is 1.20. The maximum Gasteiger partial charge on any atom is 0.0450 e. The summed E-state index contributed by atoms with van der Waals surface area (Å²) in [6.45, 7) is 4.28. The third kappa shape index (κ3) is 13.3. The standard InChI is InChI=1S/C23H40ClN/c1-2-3-4-5-6-7-8-9-10-11-12-13-14-17-20-25-21-22-18-15-16-19-23(22)24/h15-16,18-19,25H,2-14,17,20-21H2,1H3. The molecule has 1 rings (SSSR count). The maximum atomic E-state index is 6.16. The monoisotopic (exact) mass is 365 g/mol. The molecule has 0 radical (unpaired) electrons. The molecular weight excluding hydrogens is 326 g/mol. The zero-order valence-electron chi connectivity index (χ0n) is 16.5. The van der Waals surface area contributed by atoms with Gasteiger partial charge in [-0.2, -0.15) is 0 Å². The number of rotatable bonds is 17. The van der Waals surface area contributed by atoms with Crippen LogP contribution in [0.2, 0.25) is 5.02 Å². The number of halogens is 1. The van der Waals surface area contributed by atoms with Crippen molar-refractivity contribution in [1.82, 2.24) is 5.32 Å². The number of hydrogen-bond acceptors (Lipinski definition) is 1. The Morgan fingerprint density at radius 1 is 0.680 bits per heavy atom. The largest absolute Gasteiger partial charge is 0.313 e. The van der Waals surface area contributed by atoms with Crippen LogP contribution in [-0.4, -0.2) is 6.54 Å². The smallest absolute Gasteiger partial charge is 0.0450 e. The highest BCUT2D eigenvalue weighted by atomic mass is 35.5. The molecule has 0 spiro atoms. The molecule has 0 fully saturated rings. The number of benzene rings is 1. The van der Waals surface area contributed by atoms with Gasteiger partial charge in [-0.05, 0) is 24.6 Å². The fourth-order valence-corrected chi connectivity index (χ4v) is 3.51. The van der Waals surface area contributed by atoms with Crippen LogP contribution in [0.25, 0.3) is 0 Å². The van der Waals surface area contributed by atoms with Gasteiger partial charge in [0.25, 0.3) is 0 Å². The van der Waals surface area contributed by atoms with Crippen molar-refractivity contribution in [2.45, 2.75) is 103 Å². The van der Waals surface area contributed by atoms with E-state index in [0.717, 1.165) is 18.1 Å². The van der Waals surface area contributed by atoms with E-state index in [1.807, 2.05) is 12.1 Å². The van der Waals surface area contributed by atoms with E-state index >= 15 is 0 Å². The summed E-state index contributed by atoms with van der Waals surface area (Å²) in [7, 11) is 0. The second-order valence-electron chi connectivity index (χ2n) is 7.36. The Morgan fingerprint density at radius 2 is 1.16 bits per heavy atom. The van der Waals surface area contributed by atoms with Crippen molar-refractivity contribution in [1.29, 1.82) is 0 Å². The summed E-state index contributed by atoms with van der Waals surface area (Å²) >= 11 is 6.16. The predicted molar refractivity (Wildman–Crippen MR) is 113 cm³/mol. The Hall–Kier alpha value is -0.530. The second kappa shape index (κ2) is 16.9. The van der Waals surface area contributed by atoms with Crippen molar-refractivity contribution in [3.8, 4) is 0 Å². The summed E-state index contributed by atoms with van der Waals surface area (Å²) in [6.07, 6.45) is 19.8. The average molecular weight is 366 g/mol. The third-order valence-electron chi connectivity index (χ3n) is 4.98. The molecule has 1 aromatic rings. The Morgan fingerprint density at radius 3 is 1.68 bits per heavy atom. The van der Waals surface area contributed by atoms with E-state index in [0.29, 0.717) is 0 Å². The fraction of sp³-hybridized carbons (Fsp3) is 0.739. The molecule has 0 aliphatic carbocycles. The molecule has 25 heavy (non-hydrogen) atoms. The molecule has 0 heterocycles. The van der Waals surface area contributed by atoms with E-state index in [1.54, 1.807) is 0 Å². The number of unbranched alkanes of at least 4 members (excludes halogenated alkanes) is 13. The molecule has 0 aliphatic rings. The molecule has 2 heteroatoms. The van der Waals surface area contributed by atoms with Crippen molar-refractivity contribution in [3.63, 3.8) is 0 Å². The lowest BCUT2D eigenvalue weighted by Crippen LogP contribution is -2.14. The van der Waals surface area contributed by atoms with Gasteiger partial charge in [-0.3, -0.25) is 0 Å². The topological polar surface area (TPSA) is 12.0 Å². The normalized spacial score (nSPS) is 11.1. The zero-order valence-corrected chi connectivity index (χ0v) is 17.3. The summed E-state index contributed by atoms with van der Waals surface area (Å²) in [6, 6.07) is 8.10. The Bertz CT molecular complexity index is 405. The van der Waals surface area contributed by atoms with Crippen molar-refractivity contribution in [2.24, 2.45) is 0 Å². The van der Waals surface area contributed by atoms with E-state index in [1.165, 1.54) is 95.5 Å². The summed E-state index contributed by atoms with van der Waals surface area (Å²) in [5.74, 6) is 0. The molecule has 0 atom stereocenters. The average Bonchev–Trinajstić information content (AvgIpc) is 2.63. The van der Waals surface area contributed by atoms with Gasteiger partial charge in [0.05, 0.1) is 0 Å². The van der Waals surface area contributed by atoms with Gasteiger partial charge in [0, 0.05) is 11.6 Å². The van der Waals surface area contributed by atoms with Gasteiger partial charge in [-0.1, -0.05) is 120 Å². The first kappa shape index (κ1) is 22.5. The van der Waals surface area contributed by atoms with Crippen LogP contribution in [0, 0.1) is 0 Å². The van der Waals surface area contributed by atoms with Crippen LogP contribution in [0.15, 0.2) is 24.3 Å². The highest BCUT2D eigenvalue weighted by molar-refractivity contribution is 6.31. The van der Waals surface area contributed by atoms with E-state index in [2.05, 4.69) is 24.4 Å². The van der Waals surface area contributed by atoms with Gasteiger partial charge in [-0.15, -0.1) is 0 Å². The fourth-order valence-electron chi connectivity index (χ4n) is 3.31. The molecule has 1 N–H and O–H groups in total. The van der Waals surface area contributed by atoms with Crippen LogP contribution in [0.5, 0.6) is 0 Å². The molecular formula is C23H40ClN. The van der Waals surface area contributed by atoms with Crippen molar-refractivity contribution < 1.29 is 0 Å². The van der Waals surface area contributed by atoms with Gasteiger partial charge < -0.3 is 5.32 Å². The van der Waals surface area contributed by atoms with Crippen LogP contribution < -0.4 is 5.32 Å². The van der Waals surface area contributed by atoms with Gasteiger partial charge in [0.1, 0.15) is 0 Å². The SMILES string of the molecule is CCCCCCCCCCCCCCCCNCc1ccccc1Cl. The minimum absolute atomic E-state index is 0.871. The van der Waals surface area contributed by atoms with Crippen LogP contribution in [0.3, 0.4) is 0 Å². The van der Waals surface area contributed by atoms with Gasteiger partial charge in [0.2, 0.25) is 0 Å². The molecule has 0 aromatic heterocycles. The molecule has 0 amide bonds. The van der Waals surface area contributed by atoms with Crippen molar-refractivity contribution in [3.05, 3.63) is 34.9 Å². The first-order valence-corrected chi connectivity index (χ1v) is 11.2. The summed E-state index contributed by atoms with van der Waals surface area (Å²) in [5, 5.41) is 4.37. The molecule has 0 aliphatic heterocycles.